The molecule has 0 spiro atoms. The fourth-order valence-corrected chi connectivity index (χ4v) is 5.40. The highest BCUT2D eigenvalue weighted by Crippen LogP contribution is 2.51. The van der Waals surface area contributed by atoms with Gasteiger partial charge in [-0.1, -0.05) is 0 Å². The molecule has 1 saturated heterocycles. The minimum Gasteiger partial charge on any atom is -0.504 e. The number of aliphatic hydroxyl groups is 3. The van der Waals surface area contributed by atoms with Crippen LogP contribution in [0.3, 0.4) is 0 Å². The van der Waals surface area contributed by atoms with Gasteiger partial charge in [-0.15, -0.1) is 0 Å². The van der Waals surface area contributed by atoms with E-state index in [1.54, 1.807) is 0 Å². The molecule has 246 valence electrons. The first kappa shape index (κ1) is 32.0. The number of aliphatic carboxylic acids is 1. The predicted octanol–water partition coefficient (Wildman–Crippen LogP) is -1.95. The van der Waals surface area contributed by atoms with Gasteiger partial charge in [-0.25, -0.2) is 14.4 Å². The van der Waals surface area contributed by atoms with Crippen LogP contribution in [0, 0.1) is 5.92 Å². The molecule has 1 fully saturated rings. The number of carboxylic acid groups (broad SMARTS) is 1. The molecule has 5 rings (SSSR count). The molecule has 19 nitrogen and oxygen atoms in total. The van der Waals surface area contributed by atoms with Crippen molar-refractivity contribution in [2.24, 2.45) is 5.92 Å². The zero-order valence-electron chi connectivity index (χ0n) is 22.9. The monoisotopic (exact) mass is 652 g/mol. The lowest BCUT2D eigenvalue weighted by molar-refractivity contribution is -0.288. The van der Waals surface area contributed by atoms with Gasteiger partial charge in [0.15, 0.2) is 47.1 Å². The van der Waals surface area contributed by atoms with Crippen LogP contribution < -0.4 is 4.74 Å². The van der Waals surface area contributed by atoms with Gasteiger partial charge in [-0.05, 0) is 18.2 Å². The van der Waals surface area contributed by atoms with Crippen LogP contribution in [0.4, 0.5) is 0 Å². The summed E-state index contributed by atoms with van der Waals surface area (Å²) in [5.41, 5.74) is -2.06. The zero-order chi connectivity index (χ0) is 33.8. The van der Waals surface area contributed by atoms with E-state index in [9.17, 15) is 69.9 Å². The minimum atomic E-state index is -2.35. The lowest BCUT2D eigenvalue weighted by Crippen LogP contribution is -2.62. The number of rotatable bonds is 5. The van der Waals surface area contributed by atoms with Crippen LogP contribution in [0.15, 0.2) is 18.2 Å². The average molecular weight is 652 g/mol. The Bertz CT molecular complexity index is 1610. The molecule has 0 aromatic heterocycles. The van der Waals surface area contributed by atoms with Gasteiger partial charge in [0, 0.05) is 11.5 Å². The molecule has 8 atom stereocenters. The van der Waals surface area contributed by atoms with Gasteiger partial charge >= 0.3 is 29.8 Å². The summed E-state index contributed by atoms with van der Waals surface area (Å²) in [5.74, 6) is -17.6. The number of phenolic OH excluding ortho intramolecular Hbond substituents is 5. The summed E-state index contributed by atoms with van der Waals surface area (Å²) in [6, 6.07) is 1.92. The van der Waals surface area contributed by atoms with Crippen molar-refractivity contribution in [1.82, 2.24) is 0 Å². The van der Waals surface area contributed by atoms with E-state index in [4.69, 9.17) is 23.7 Å². The molecular formula is C27H24O19. The van der Waals surface area contributed by atoms with Gasteiger partial charge in [0.25, 0.3) is 0 Å². The van der Waals surface area contributed by atoms with Crippen molar-refractivity contribution < 1.29 is 93.6 Å². The topological polar surface area (TPSA) is 314 Å². The molecule has 3 aliphatic heterocycles. The summed E-state index contributed by atoms with van der Waals surface area (Å²) in [6.07, 6.45) is -13.7. The highest BCUT2D eigenvalue weighted by molar-refractivity contribution is 5.97. The van der Waals surface area contributed by atoms with Crippen LogP contribution in [0.1, 0.15) is 38.6 Å². The molecule has 3 aliphatic rings. The fourth-order valence-electron chi connectivity index (χ4n) is 5.40. The van der Waals surface area contributed by atoms with Gasteiger partial charge in [0.05, 0.1) is 30.1 Å². The van der Waals surface area contributed by atoms with Crippen LogP contribution in [0.25, 0.3) is 0 Å². The van der Waals surface area contributed by atoms with E-state index >= 15 is 0 Å². The number of esters is 4. The highest BCUT2D eigenvalue weighted by Gasteiger charge is 2.55. The molecule has 2 aromatic rings. The first-order chi connectivity index (χ1) is 21.6. The summed E-state index contributed by atoms with van der Waals surface area (Å²) in [6.45, 7) is -1.06. The first-order valence-corrected chi connectivity index (χ1v) is 13.2. The van der Waals surface area contributed by atoms with E-state index < -0.39 is 143 Å². The molecule has 19 heteroatoms. The fraction of sp³-hybridized carbons (Fsp3) is 0.370. The molecule has 0 saturated carbocycles. The number of carbonyl (C=O) groups excluding carboxylic acids is 4. The third kappa shape index (κ3) is 5.40. The molecule has 9 N–H and O–H groups in total. The van der Waals surface area contributed by atoms with Crippen LogP contribution >= 0.6 is 0 Å². The maximum absolute atomic E-state index is 13.6. The van der Waals surface area contributed by atoms with Crippen LogP contribution in [0.2, 0.25) is 0 Å². The van der Waals surface area contributed by atoms with E-state index in [-0.39, 0.29) is 0 Å². The number of aliphatic hydroxyl groups excluding tert-OH is 3. The standard InChI is InChI=1S/C27H24O19/c28-5-12-20-19(37)22(27(42-12)46-23(38)6-1-9(29)16(34)10(30)2-6)45-24(39)7-3-11(31)17(35)21-15(7)14(18(36)26(41)44-21)8(4-13(32)33)25(40)43-20/h1-3,8,12,14,18-20,22,27-31,34-37H,4-5H2,(H,32,33)/t8?,12-,14+,18+,19+,20-,22-,27+/m1/s1. The smallest absolute Gasteiger partial charge is 0.341 e. The third-order valence-corrected chi connectivity index (χ3v) is 7.56. The Morgan fingerprint density at radius 3 is 2.09 bits per heavy atom. The van der Waals surface area contributed by atoms with E-state index in [1.807, 2.05) is 0 Å². The Morgan fingerprint density at radius 2 is 1.48 bits per heavy atom. The van der Waals surface area contributed by atoms with Crippen molar-refractivity contribution in [2.75, 3.05) is 6.61 Å². The molecular weight excluding hydrogens is 628 g/mol. The van der Waals surface area contributed by atoms with Crippen molar-refractivity contribution in [3.63, 3.8) is 0 Å². The minimum absolute atomic E-state index is 0.573. The number of carbonyl (C=O) groups is 5. The number of fused-ring (bicyclic) bond motifs is 2. The van der Waals surface area contributed by atoms with E-state index in [1.165, 1.54) is 0 Å². The second-order valence-corrected chi connectivity index (χ2v) is 10.4. The molecule has 0 aliphatic carbocycles. The summed E-state index contributed by atoms with van der Waals surface area (Å²) < 4.78 is 26.2. The SMILES string of the molecule is O=C(O)CC1C(=O)O[C@H]2[C@H](O)[C@@H](OC(=O)c3cc(O)c(O)c4c3[C@H]1[C@H](O)C(=O)O4)[C@H](OC(=O)c1cc(O)c(O)c(O)c1)O[C@@H]2CO. The normalized spacial score (nSPS) is 28.9. The van der Waals surface area contributed by atoms with Gasteiger partial charge < -0.3 is 69.6 Å². The van der Waals surface area contributed by atoms with Gasteiger partial charge in [-0.3, -0.25) is 9.59 Å². The number of aromatic hydroxyl groups is 5. The lowest BCUT2D eigenvalue weighted by Gasteiger charge is -2.42. The van der Waals surface area contributed by atoms with E-state index in [0.29, 0.717) is 18.2 Å². The molecule has 2 bridgehead atoms. The van der Waals surface area contributed by atoms with Gasteiger partial charge in [0.2, 0.25) is 12.0 Å². The molecule has 0 amide bonds. The molecule has 2 aromatic carbocycles. The van der Waals surface area contributed by atoms with E-state index in [2.05, 4.69) is 0 Å². The van der Waals surface area contributed by atoms with Crippen molar-refractivity contribution in [3.8, 4) is 34.5 Å². The lowest BCUT2D eigenvalue weighted by atomic mass is 9.76. The number of carboxylic acids is 1. The summed E-state index contributed by atoms with van der Waals surface area (Å²) in [5, 5.41) is 91.4. The Kier molecular flexibility index (Phi) is 8.26. The Balaban J connectivity index is 1.64. The van der Waals surface area contributed by atoms with Crippen LogP contribution in [-0.2, 0) is 33.3 Å². The molecule has 1 unspecified atom stereocenters. The highest BCUT2D eigenvalue weighted by atomic mass is 16.7. The Labute approximate surface area is 254 Å². The first-order valence-electron chi connectivity index (χ1n) is 13.2. The molecule has 0 radical (unpaired) electrons. The summed E-state index contributed by atoms with van der Waals surface area (Å²) >= 11 is 0. The van der Waals surface area contributed by atoms with E-state index in [0.717, 1.165) is 0 Å². The van der Waals surface area contributed by atoms with Gasteiger partial charge in [0.1, 0.15) is 12.2 Å². The maximum Gasteiger partial charge on any atom is 0.341 e. The number of hydrogen-bond acceptors (Lipinski definition) is 18. The molecule has 46 heavy (non-hydrogen) atoms. The Hall–Kier alpha value is -5.37. The maximum atomic E-state index is 13.6. The number of ether oxygens (including phenoxy) is 5. The largest absolute Gasteiger partial charge is 0.504 e. The molecule has 3 heterocycles. The second-order valence-electron chi connectivity index (χ2n) is 10.4. The Morgan fingerprint density at radius 1 is 0.848 bits per heavy atom. The number of benzene rings is 2. The van der Waals surface area contributed by atoms with Crippen LogP contribution in [-0.4, -0.2) is 119 Å². The summed E-state index contributed by atoms with van der Waals surface area (Å²) in [4.78, 5) is 64.4. The second kappa shape index (κ2) is 11.9. The van der Waals surface area contributed by atoms with Gasteiger partial charge in [-0.2, -0.15) is 0 Å². The number of phenols is 5. The quantitative estimate of drug-likeness (QED) is 0.0733. The van der Waals surface area contributed by atoms with Crippen molar-refractivity contribution in [2.45, 2.75) is 49.1 Å². The number of hydrogen-bond donors (Lipinski definition) is 9. The zero-order valence-corrected chi connectivity index (χ0v) is 22.9. The van der Waals surface area contributed by atoms with Crippen molar-refractivity contribution in [3.05, 3.63) is 34.9 Å². The van der Waals surface area contributed by atoms with Crippen LogP contribution in [0.5, 0.6) is 34.5 Å². The predicted molar refractivity (Wildman–Crippen MR) is 138 cm³/mol. The van der Waals surface area contributed by atoms with Crippen molar-refractivity contribution >= 4 is 29.8 Å². The summed E-state index contributed by atoms with van der Waals surface area (Å²) in [7, 11) is 0. The van der Waals surface area contributed by atoms with Crippen molar-refractivity contribution in [1.29, 1.82) is 0 Å². The average Bonchev–Trinajstić information content (AvgIpc) is 3.00. The third-order valence-electron chi connectivity index (χ3n) is 7.56.